The summed E-state index contributed by atoms with van der Waals surface area (Å²) in [6.07, 6.45) is 4.70. The fourth-order valence-electron chi connectivity index (χ4n) is 3.14. The number of carboxylic acids is 1. The van der Waals surface area contributed by atoms with E-state index in [1.807, 2.05) is 12.1 Å². The highest BCUT2D eigenvalue weighted by Crippen LogP contribution is 2.32. The lowest BCUT2D eigenvalue weighted by molar-refractivity contribution is -0.131. The number of piperidine rings is 1. The zero-order valence-corrected chi connectivity index (χ0v) is 15.5. The van der Waals surface area contributed by atoms with Crippen LogP contribution in [0.4, 0.5) is 11.4 Å². The molecule has 1 aliphatic rings. The Morgan fingerprint density at radius 3 is 2.68 bits per heavy atom. The molecular formula is C21H21N3O4. The van der Waals surface area contributed by atoms with Gasteiger partial charge in [0.05, 0.1) is 11.4 Å². The summed E-state index contributed by atoms with van der Waals surface area (Å²) in [5.41, 5.74) is 2.18. The Morgan fingerprint density at radius 2 is 2.04 bits per heavy atom. The van der Waals surface area contributed by atoms with Crippen molar-refractivity contribution in [1.29, 1.82) is 5.26 Å². The van der Waals surface area contributed by atoms with Crippen LogP contribution in [-0.2, 0) is 4.79 Å². The van der Waals surface area contributed by atoms with Gasteiger partial charge in [0.25, 0.3) is 5.91 Å². The van der Waals surface area contributed by atoms with Gasteiger partial charge in [-0.3, -0.25) is 4.79 Å². The Kier molecular flexibility index (Phi) is 5.80. The molecular weight excluding hydrogens is 358 g/mol. The van der Waals surface area contributed by atoms with E-state index >= 15 is 0 Å². The molecule has 1 aromatic carbocycles. The number of aliphatic carboxylic acids is 1. The summed E-state index contributed by atoms with van der Waals surface area (Å²) in [6, 6.07) is 10.1. The summed E-state index contributed by atoms with van der Waals surface area (Å²) in [5, 5.41) is 20.5. The molecule has 1 fully saturated rings. The first kappa shape index (κ1) is 19.2. The SMILES string of the molecule is CC1CCN(c2cc(/C=C/C(=O)O)ccc2NC(=O)c2ccc(C#N)o2)CC1. The molecule has 3 rings (SSSR count). The number of nitriles is 1. The Bertz CT molecular complexity index is 947. The smallest absolute Gasteiger partial charge is 0.328 e. The average Bonchev–Trinajstić information content (AvgIpc) is 3.17. The minimum atomic E-state index is -1.02. The van der Waals surface area contributed by atoms with E-state index in [2.05, 4.69) is 17.1 Å². The van der Waals surface area contributed by atoms with Gasteiger partial charge in [-0.25, -0.2) is 4.79 Å². The number of carbonyl (C=O) groups excluding carboxylic acids is 1. The van der Waals surface area contributed by atoms with Gasteiger partial charge in [-0.15, -0.1) is 0 Å². The third-order valence-electron chi connectivity index (χ3n) is 4.75. The molecule has 0 atom stereocenters. The molecule has 1 amide bonds. The van der Waals surface area contributed by atoms with Gasteiger partial charge in [0.1, 0.15) is 6.07 Å². The van der Waals surface area contributed by atoms with Crippen molar-refractivity contribution >= 4 is 29.3 Å². The van der Waals surface area contributed by atoms with E-state index in [0.717, 1.165) is 43.3 Å². The van der Waals surface area contributed by atoms with Crippen LogP contribution < -0.4 is 10.2 Å². The topological polar surface area (TPSA) is 107 Å². The molecule has 1 aliphatic heterocycles. The van der Waals surface area contributed by atoms with Crippen LogP contribution in [0.2, 0.25) is 0 Å². The highest BCUT2D eigenvalue weighted by Gasteiger charge is 2.20. The van der Waals surface area contributed by atoms with Gasteiger partial charge in [0.15, 0.2) is 5.76 Å². The molecule has 0 bridgehead atoms. The average molecular weight is 379 g/mol. The van der Waals surface area contributed by atoms with Crippen LogP contribution in [-0.4, -0.2) is 30.1 Å². The third-order valence-corrected chi connectivity index (χ3v) is 4.75. The van der Waals surface area contributed by atoms with E-state index in [0.29, 0.717) is 11.6 Å². The van der Waals surface area contributed by atoms with Crippen LogP contribution in [0.25, 0.3) is 6.08 Å². The number of anilines is 2. The Labute approximate surface area is 162 Å². The number of carbonyl (C=O) groups is 2. The lowest BCUT2D eigenvalue weighted by atomic mass is 9.98. The van der Waals surface area contributed by atoms with Crippen molar-refractivity contribution in [3.05, 3.63) is 53.5 Å². The molecule has 0 spiro atoms. The maximum Gasteiger partial charge on any atom is 0.328 e. The largest absolute Gasteiger partial charge is 0.478 e. The fraction of sp³-hybridized carbons (Fsp3) is 0.286. The van der Waals surface area contributed by atoms with Gasteiger partial charge in [-0.2, -0.15) is 5.26 Å². The second-order valence-corrected chi connectivity index (χ2v) is 6.85. The quantitative estimate of drug-likeness (QED) is 0.767. The first-order chi connectivity index (χ1) is 13.5. The van der Waals surface area contributed by atoms with E-state index in [1.54, 1.807) is 12.1 Å². The molecule has 1 saturated heterocycles. The number of amides is 1. The van der Waals surface area contributed by atoms with Crippen molar-refractivity contribution in [1.82, 2.24) is 0 Å². The predicted octanol–water partition coefficient (Wildman–Crippen LogP) is 3.74. The molecule has 0 aliphatic carbocycles. The van der Waals surface area contributed by atoms with Crippen molar-refractivity contribution < 1.29 is 19.1 Å². The number of benzene rings is 1. The predicted molar refractivity (Wildman–Crippen MR) is 105 cm³/mol. The molecule has 2 heterocycles. The van der Waals surface area contributed by atoms with E-state index in [1.165, 1.54) is 18.2 Å². The molecule has 7 nitrogen and oxygen atoms in total. The van der Waals surface area contributed by atoms with Crippen molar-refractivity contribution in [2.24, 2.45) is 5.92 Å². The number of hydrogen-bond acceptors (Lipinski definition) is 5. The Hall–Kier alpha value is -3.53. The molecule has 2 aromatic rings. The van der Waals surface area contributed by atoms with Gasteiger partial charge in [0.2, 0.25) is 5.76 Å². The molecule has 7 heteroatoms. The fourth-order valence-corrected chi connectivity index (χ4v) is 3.14. The van der Waals surface area contributed by atoms with Crippen molar-refractivity contribution in [2.45, 2.75) is 19.8 Å². The molecule has 1 aromatic heterocycles. The Morgan fingerprint density at radius 1 is 1.29 bits per heavy atom. The van der Waals surface area contributed by atoms with E-state index in [4.69, 9.17) is 14.8 Å². The zero-order valence-electron chi connectivity index (χ0n) is 15.5. The van der Waals surface area contributed by atoms with Gasteiger partial charge in [-0.1, -0.05) is 13.0 Å². The van der Waals surface area contributed by atoms with Crippen LogP contribution in [0, 0.1) is 17.2 Å². The third kappa shape index (κ3) is 4.60. The number of rotatable bonds is 5. The summed E-state index contributed by atoms with van der Waals surface area (Å²) < 4.78 is 5.19. The van der Waals surface area contributed by atoms with Gasteiger partial charge in [0, 0.05) is 19.2 Å². The minimum Gasteiger partial charge on any atom is -0.478 e. The first-order valence-electron chi connectivity index (χ1n) is 9.07. The summed E-state index contributed by atoms with van der Waals surface area (Å²) in [6.45, 7) is 3.93. The number of furan rings is 1. The van der Waals surface area contributed by atoms with E-state index < -0.39 is 11.9 Å². The zero-order chi connectivity index (χ0) is 20.1. The van der Waals surface area contributed by atoms with Crippen LogP contribution >= 0.6 is 0 Å². The van der Waals surface area contributed by atoms with Crippen molar-refractivity contribution in [3.8, 4) is 6.07 Å². The first-order valence-corrected chi connectivity index (χ1v) is 9.07. The molecule has 144 valence electrons. The molecule has 0 radical (unpaired) electrons. The highest BCUT2D eigenvalue weighted by molar-refractivity contribution is 6.04. The summed E-state index contributed by atoms with van der Waals surface area (Å²) >= 11 is 0. The maximum absolute atomic E-state index is 12.5. The minimum absolute atomic E-state index is 0.0598. The molecule has 0 saturated carbocycles. The second kappa shape index (κ2) is 8.44. The van der Waals surface area contributed by atoms with Gasteiger partial charge in [-0.05, 0) is 54.7 Å². The maximum atomic E-state index is 12.5. The monoisotopic (exact) mass is 379 g/mol. The molecule has 0 unspecified atom stereocenters. The van der Waals surface area contributed by atoms with E-state index in [-0.39, 0.29) is 11.5 Å². The summed E-state index contributed by atoms with van der Waals surface area (Å²) in [5.74, 6) is -0.676. The number of carboxylic acid groups (broad SMARTS) is 1. The van der Waals surface area contributed by atoms with Gasteiger partial charge >= 0.3 is 5.97 Å². The van der Waals surface area contributed by atoms with Crippen molar-refractivity contribution in [2.75, 3.05) is 23.3 Å². The second-order valence-electron chi connectivity index (χ2n) is 6.85. The van der Waals surface area contributed by atoms with E-state index in [9.17, 15) is 9.59 Å². The van der Waals surface area contributed by atoms with Crippen LogP contribution in [0.15, 0.2) is 40.8 Å². The number of hydrogen-bond donors (Lipinski definition) is 2. The summed E-state index contributed by atoms with van der Waals surface area (Å²) in [7, 11) is 0. The van der Waals surface area contributed by atoms with Crippen LogP contribution in [0.1, 0.15) is 41.6 Å². The molecule has 2 N–H and O–H groups in total. The normalized spacial score (nSPS) is 14.8. The summed E-state index contributed by atoms with van der Waals surface area (Å²) in [4.78, 5) is 25.5. The van der Waals surface area contributed by atoms with Gasteiger partial charge < -0.3 is 19.7 Å². The van der Waals surface area contributed by atoms with Crippen LogP contribution in [0.3, 0.4) is 0 Å². The van der Waals surface area contributed by atoms with Crippen molar-refractivity contribution in [3.63, 3.8) is 0 Å². The molecule has 28 heavy (non-hydrogen) atoms. The lowest BCUT2D eigenvalue weighted by Gasteiger charge is -2.33. The number of nitrogens with zero attached hydrogens (tertiary/aromatic N) is 2. The number of nitrogens with one attached hydrogen (secondary N) is 1. The standard InChI is InChI=1S/C21H21N3O4/c1-14-8-10-24(11-9-14)18-12-15(3-7-20(25)26)2-5-17(18)23-21(27)19-6-4-16(13-22)28-19/h2-7,12,14H,8-11H2,1H3,(H,23,27)(H,25,26)/b7-3+. The lowest BCUT2D eigenvalue weighted by Crippen LogP contribution is -2.33. The highest BCUT2D eigenvalue weighted by atomic mass is 16.4. The van der Waals surface area contributed by atoms with Crippen LogP contribution in [0.5, 0.6) is 0 Å². The Balaban J connectivity index is 1.88.